The first-order valence-corrected chi connectivity index (χ1v) is 16.0. The topological polar surface area (TPSA) is 55.6 Å². The van der Waals surface area contributed by atoms with Gasteiger partial charge in [0, 0.05) is 45.1 Å². The number of aromatic amines is 2. The van der Waals surface area contributed by atoms with Gasteiger partial charge in [0.2, 0.25) is 0 Å². The summed E-state index contributed by atoms with van der Waals surface area (Å²) in [6.07, 6.45) is 18.0. The molecule has 2 atom stereocenters. The van der Waals surface area contributed by atoms with Gasteiger partial charge in [-0.25, -0.2) is 0 Å². The van der Waals surface area contributed by atoms with E-state index in [9.17, 15) is 0 Å². The summed E-state index contributed by atoms with van der Waals surface area (Å²) in [5.41, 5.74) is 16.7. The molecule has 0 saturated heterocycles. The van der Waals surface area contributed by atoms with Gasteiger partial charge < -0.3 is 20.6 Å². The summed E-state index contributed by atoms with van der Waals surface area (Å²) in [4.78, 5) is 7.79. The molecule has 3 aliphatic rings. The van der Waals surface area contributed by atoms with E-state index in [0.29, 0.717) is 5.92 Å². The van der Waals surface area contributed by atoms with Gasteiger partial charge in [-0.1, -0.05) is 55.4 Å². The zero-order valence-electron chi connectivity index (χ0n) is 26.1. The lowest BCUT2D eigenvalue weighted by molar-refractivity contribution is 0.674. The molecule has 3 aliphatic heterocycles. The van der Waals surface area contributed by atoms with E-state index < -0.39 is 0 Å². The third kappa shape index (κ3) is 4.63. The van der Waals surface area contributed by atoms with Gasteiger partial charge in [0.1, 0.15) is 0 Å². The summed E-state index contributed by atoms with van der Waals surface area (Å²) >= 11 is 0. The van der Waals surface area contributed by atoms with Gasteiger partial charge in [-0.3, -0.25) is 0 Å². The van der Waals surface area contributed by atoms with E-state index in [0.717, 1.165) is 51.4 Å². The third-order valence-corrected chi connectivity index (χ3v) is 9.54. The maximum Gasteiger partial charge on any atom is 0.0687 e. The van der Waals surface area contributed by atoms with Gasteiger partial charge in [0.05, 0.1) is 6.04 Å². The molecule has 2 aromatic heterocycles. The molecule has 214 valence electrons. The van der Waals surface area contributed by atoms with Crippen LogP contribution in [0.4, 0.5) is 0 Å². The number of aromatic nitrogens is 2. The van der Waals surface area contributed by atoms with Crippen LogP contribution in [0.25, 0.3) is 24.3 Å². The van der Waals surface area contributed by atoms with Crippen LogP contribution in [0, 0.1) is 5.92 Å². The normalized spacial score (nSPS) is 20.2. The second-order valence-corrected chi connectivity index (χ2v) is 11.4. The Hall–Kier alpha value is -3.14. The van der Waals surface area contributed by atoms with E-state index in [1.165, 1.54) is 78.2 Å². The lowest BCUT2D eigenvalue weighted by atomic mass is 9.92. The average Bonchev–Trinajstić information content (AvgIpc) is 3.67. The van der Waals surface area contributed by atoms with Gasteiger partial charge in [0.25, 0.3) is 0 Å². The van der Waals surface area contributed by atoms with Crippen LogP contribution in [0.3, 0.4) is 0 Å². The third-order valence-electron chi connectivity index (χ3n) is 9.54. The largest absolute Gasteiger partial charge is 0.375 e. The van der Waals surface area contributed by atoms with E-state index in [-0.39, 0.29) is 6.04 Å². The highest BCUT2D eigenvalue weighted by Crippen LogP contribution is 2.37. The van der Waals surface area contributed by atoms with E-state index in [1.54, 1.807) is 0 Å². The van der Waals surface area contributed by atoms with Crippen LogP contribution in [0.1, 0.15) is 115 Å². The first kappa shape index (κ1) is 28.4. The zero-order chi connectivity index (χ0) is 28.6. The number of H-pyrrole nitrogens is 2. The summed E-state index contributed by atoms with van der Waals surface area (Å²) in [6, 6.07) is 0.205. The van der Waals surface area contributed by atoms with Gasteiger partial charge in [-0.2, -0.15) is 0 Å². The zero-order valence-corrected chi connectivity index (χ0v) is 26.1. The van der Waals surface area contributed by atoms with E-state index >= 15 is 0 Å². The van der Waals surface area contributed by atoms with Crippen molar-refractivity contribution in [2.75, 3.05) is 0 Å². The van der Waals surface area contributed by atoms with Crippen LogP contribution < -0.4 is 21.3 Å². The lowest BCUT2D eigenvalue weighted by Crippen LogP contribution is -2.26. The smallest absolute Gasteiger partial charge is 0.0687 e. The standard InChI is InChI=1S/C36H50N4/c1-9-21-22(10-2)30-18-32-25(13-5)26(14-6)34(39-32)20-36-28(16-8)27(15-7)35(40-36)19-33-24(12-4)23(11-3)31(38-33)17-29(21)37-30/h17-21,36-40H,9-16H2,1-8H3. The molecule has 0 aromatic carbocycles. The summed E-state index contributed by atoms with van der Waals surface area (Å²) < 4.78 is 0. The number of rotatable bonds is 8. The fraction of sp³-hybridized carbons (Fsp3) is 0.500. The second kappa shape index (κ2) is 11.8. The van der Waals surface area contributed by atoms with Crippen LogP contribution in [0.5, 0.6) is 0 Å². The monoisotopic (exact) mass is 538 g/mol. The van der Waals surface area contributed by atoms with Gasteiger partial charge in [0.15, 0.2) is 0 Å². The molecular formula is C36H50N4. The summed E-state index contributed by atoms with van der Waals surface area (Å²) in [5, 5.41) is 10.4. The SMILES string of the molecule is CCC1=C(CC)C2C=c3[nH]c(c(CC)c3CC)=CC3=C(CC)C(CC)C(=Cc4[nH]c(c(CC)c4CC)C=C1N2)N3. The number of hydrogen-bond donors (Lipinski definition) is 4. The van der Waals surface area contributed by atoms with Crippen molar-refractivity contribution in [1.82, 2.24) is 20.6 Å². The molecule has 4 heteroatoms. The quantitative estimate of drug-likeness (QED) is 0.295. The summed E-state index contributed by atoms with van der Waals surface area (Å²) in [6.45, 7) is 18.4. The minimum absolute atomic E-state index is 0.205. The predicted molar refractivity (Wildman–Crippen MR) is 172 cm³/mol. The molecule has 4 N–H and O–H groups in total. The Morgan fingerprint density at radius 1 is 0.600 bits per heavy atom. The predicted octanol–water partition coefficient (Wildman–Crippen LogP) is 6.93. The van der Waals surface area contributed by atoms with Gasteiger partial charge >= 0.3 is 0 Å². The maximum absolute atomic E-state index is 3.96. The molecule has 0 amide bonds. The number of hydrogen-bond acceptors (Lipinski definition) is 2. The molecule has 40 heavy (non-hydrogen) atoms. The summed E-state index contributed by atoms with van der Waals surface area (Å²) in [7, 11) is 0. The molecule has 0 saturated carbocycles. The van der Waals surface area contributed by atoms with Crippen molar-refractivity contribution in [3.63, 3.8) is 0 Å². The van der Waals surface area contributed by atoms with E-state index in [4.69, 9.17) is 0 Å². The Balaban J connectivity index is 1.86. The van der Waals surface area contributed by atoms with Crippen molar-refractivity contribution in [3.8, 4) is 0 Å². The Labute approximate surface area is 241 Å². The van der Waals surface area contributed by atoms with Crippen LogP contribution in [0.15, 0.2) is 33.8 Å². The van der Waals surface area contributed by atoms with Crippen LogP contribution >= 0.6 is 0 Å². The molecule has 2 aromatic rings. The molecule has 2 unspecified atom stereocenters. The van der Waals surface area contributed by atoms with Crippen LogP contribution in [0.2, 0.25) is 0 Å². The molecule has 0 spiro atoms. The van der Waals surface area contributed by atoms with Crippen LogP contribution in [-0.2, 0) is 25.7 Å². The van der Waals surface area contributed by atoms with E-state index in [1.807, 2.05) is 0 Å². The molecular weight excluding hydrogens is 488 g/mol. The summed E-state index contributed by atoms with van der Waals surface area (Å²) in [5.74, 6) is 0.419. The Bertz CT molecular complexity index is 1530. The highest BCUT2D eigenvalue weighted by atomic mass is 15.0. The number of fused-ring (bicyclic) bond motifs is 8. The molecule has 4 nitrogen and oxygen atoms in total. The molecule has 0 radical (unpaired) electrons. The van der Waals surface area contributed by atoms with Crippen molar-refractivity contribution in [3.05, 3.63) is 78.2 Å². The lowest BCUT2D eigenvalue weighted by Gasteiger charge is -2.13. The first-order chi connectivity index (χ1) is 19.5. The molecule has 8 bridgehead atoms. The van der Waals surface area contributed by atoms with E-state index in [2.05, 4.69) is 100 Å². The Kier molecular flexibility index (Phi) is 8.35. The maximum atomic E-state index is 3.96. The van der Waals surface area contributed by atoms with Crippen molar-refractivity contribution in [2.45, 2.75) is 113 Å². The van der Waals surface area contributed by atoms with Crippen molar-refractivity contribution in [1.29, 1.82) is 0 Å². The minimum atomic E-state index is 0.205. The molecule has 5 rings (SSSR count). The first-order valence-electron chi connectivity index (χ1n) is 16.0. The Morgan fingerprint density at radius 2 is 1.23 bits per heavy atom. The molecule has 0 fully saturated rings. The number of nitrogens with one attached hydrogen (secondary N) is 4. The fourth-order valence-electron chi connectivity index (χ4n) is 7.67. The van der Waals surface area contributed by atoms with Crippen molar-refractivity contribution >= 4 is 24.3 Å². The van der Waals surface area contributed by atoms with Gasteiger partial charge in [-0.15, -0.1) is 0 Å². The fourth-order valence-corrected chi connectivity index (χ4v) is 7.67. The van der Waals surface area contributed by atoms with Crippen molar-refractivity contribution < 1.29 is 0 Å². The second-order valence-electron chi connectivity index (χ2n) is 11.4. The van der Waals surface area contributed by atoms with Crippen molar-refractivity contribution in [2.24, 2.45) is 5.92 Å². The minimum Gasteiger partial charge on any atom is -0.375 e. The van der Waals surface area contributed by atoms with Crippen LogP contribution in [-0.4, -0.2) is 16.0 Å². The Morgan fingerprint density at radius 3 is 1.80 bits per heavy atom. The number of allylic oxidation sites excluding steroid dienone is 3. The van der Waals surface area contributed by atoms with Gasteiger partial charge in [-0.05, 0) is 115 Å². The average molecular weight is 539 g/mol. The highest BCUT2D eigenvalue weighted by molar-refractivity contribution is 5.70. The highest BCUT2D eigenvalue weighted by Gasteiger charge is 2.29. The molecule has 5 heterocycles. The molecule has 0 aliphatic carbocycles.